The van der Waals surface area contributed by atoms with Crippen LogP contribution in [0.2, 0.25) is 0 Å². The number of carbonyl (C=O) groups excluding carboxylic acids is 1. The maximum absolute atomic E-state index is 12.7. The summed E-state index contributed by atoms with van der Waals surface area (Å²) in [4.78, 5) is 18.6. The quantitative estimate of drug-likeness (QED) is 0.846. The highest BCUT2D eigenvalue weighted by atomic mass is 16.3. The third-order valence-electron chi connectivity index (χ3n) is 4.91. The van der Waals surface area contributed by atoms with E-state index in [1.165, 1.54) is 0 Å². The van der Waals surface area contributed by atoms with E-state index in [-0.39, 0.29) is 11.8 Å². The summed E-state index contributed by atoms with van der Waals surface area (Å²) in [5.74, 6) is 0.786. The average molecular weight is 339 g/mol. The Morgan fingerprint density at radius 3 is 2.52 bits per heavy atom. The Bertz CT molecular complexity index is 713. The largest absolute Gasteiger partial charge is 0.508 e. The van der Waals surface area contributed by atoms with Crippen molar-refractivity contribution in [3.05, 3.63) is 59.9 Å². The second kappa shape index (κ2) is 7.13. The van der Waals surface area contributed by atoms with Gasteiger partial charge >= 0.3 is 6.03 Å². The van der Waals surface area contributed by atoms with Gasteiger partial charge in [0.25, 0.3) is 0 Å². The lowest BCUT2D eigenvalue weighted by Gasteiger charge is -2.23. The molecule has 2 aromatic rings. The van der Waals surface area contributed by atoms with E-state index < -0.39 is 0 Å². The number of nitrogens with zero attached hydrogens (tertiary/aromatic N) is 2. The van der Waals surface area contributed by atoms with Gasteiger partial charge in [-0.25, -0.2) is 4.79 Å². The highest BCUT2D eigenvalue weighted by Crippen LogP contribution is 2.50. The number of hydrogen-bond acceptors (Lipinski definition) is 3. The molecule has 5 heteroatoms. The summed E-state index contributed by atoms with van der Waals surface area (Å²) in [7, 11) is 0. The van der Waals surface area contributed by atoms with E-state index in [1.807, 2.05) is 24.3 Å². The predicted molar refractivity (Wildman–Crippen MR) is 96.9 cm³/mol. The second-order valence-electron chi connectivity index (χ2n) is 7.46. The van der Waals surface area contributed by atoms with Crippen LogP contribution in [0.25, 0.3) is 0 Å². The van der Waals surface area contributed by atoms with Crippen LogP contribution in [-0.4, -0.2) is 27.6 Å². The smallest absolute Gasteiger partial charge is 0.318 e. The SMILES string of the molecule is CC1(C)CC1CNC(=O)N(Cc1ccc(O)cc1)Cc1cccnc1. The summed E-state index contributed by atoms with van der Waals surface area (Å²) in [5.41, 5.74) is 2.31. The molecule has 0 aliphatic heterocycles. The minimum absolute atomic E-state index is 0.0698. The number of carbonyl (C=O) groups is 1. The lowest BCUT2D eigenvalue weighted by atomic mass is 10.1. The van der Waals surface area contributed by atoms with E-state index in [2.05, 4.69) is 24.1 Å². The van der Waals surface area contributed by atoms with Crippen LogP contribution in [0.5, 0.6) is 5.75 Å². The number of pyridine rings is 1. The lowest BCUT2D eigenvalue weighted by Crippen LogP contribution is -2.40. The number of aromatic hydroxyl groups is 1. The van der Waals surface area contributed by atoms with Crippen molar-refractivity contribution >= 4 is 6.03 Å². The molecular weight excluding hydrogens is 314 g/mol. The van der Waals surface area contributed by atoms with Crippen LogP contribution in [0, 0.1) is 11.3 Å². The van der Waals surface area contributed by atoms with Crippen molar-refractivity contribution in [1.82, 2.24) is 15.2 Å². The molecule has 25 heavy (non-hydrogen) atoms. The number of aromatic nitrogens is 1. The lowest BCUT2D eigenvalue weighted by molar-refractivity contribution is 0.191. The van der Waals surface area contributed by atoms with Crippen molar-refractivity contribution < 1.29 is 9.90 Å². The summed E-state index contributed by atoms with van der Waals surface area (Å²) in [6.45, 7) is 6.15. The van der Waals surface area contributed by atoms with E-state index in [0.717, 1.165) is 17.5 Å². The standard InChI is InChI=1S/C20H25N3O2/c1-20(2)10-17(20)12-22-19(25)23(14-16-4-3-9-21-11-16)13-15-5-7-18(24)8-6-15/h3-9,11,17,24H,10,12-14H2,1-2H3,(H,22,25). The van der Waals surface area contributed by atoms with Gasteiger partial charge in [0.05, 0.1) is 0 Å². The fourth-order valence-corrected chi connectivity index (χ4v) is 2.98. The second-order valence-corrected chi connectivity index (χ2v) is 7.46. The van der Waals surface area contributed by atoms with Gasteiger partial charge in [-0.15, -0.1) is 0 Å². The predicted octanol–water partition coefficient (Wildman–Crippen LogP) is 3.55. The van der Waals surface area contributed by atoms with Crippen LogP contribution in [0.1, 0.15) is 31.4 Å². The minimum atomic E-state index is -0.0698. The van der Waals surface area contributed by atoms with Crippen LogP contribution >= 0.6 is 0 Å². The monoisotopic (exact) mass is 339 g/mol. The van der Waals surface area contributed by atoms with Crippen LogP contribution in [0.4, 0.5) is 4.79 Å². The molecule has 0 bridgehead atoms. The number of urea groups is 1. The maximum atomic E-state index is 12.7. The molecule has 1 heterocycles. The fourth-order valence-electron chi connectivity index (χ4n) is 2.98. The third kappa shape index (κ3) is 4.72. The first-order chi connectivity index (χ1) is 11.9. The number of phenols is 1. The van der Waals surface area contributed by atoms with E-state index >= 15 is 0 Å². The fraction of sp³-hybridized carbons (Fsp3) is 0.400. The molecule has 1 aliphatic rings. The van der Waals surface area contributed by atoms with E-state index in [1.54, 1.807) is 29.4 Å². The first-order valence-corrected chi connectivity index (χ1v) is 8.63. The zero-order chi connectivity index (χ0) is 17.9. The third-order valence-corrected chi connectivity index (χ3v) is 4.91. The summed E-state index contributed by atoms with van der Waals surface area (Å²) in [5, 5.41) is 12.5. The minimum Gasteiger partial charge on any atom is -0.508 e. The van der Waals surface area contributed by atoms with Crippen LogP contribution in [0.3, 0.4) is 0 Å². The highest BCUT2D eigenvalue weighted by Gasteiger charge is 2.45. The molecule has 0 radical (unpaired) electrons. The molecule has 1 aromatic carbocycles. The van der Waals surface area contributed by atoms with Crippen molar-refractivity contribution in [1.29, 1.82) is 0 Å². The van der Waals surface area contributed by atoms with Crippen LogP contribution in [0.15, 0.2) is 48.8 Å². The van der Waals surface area contributed by atoms with Crippen LogP contribution < -0.4 is 5.32 Å². The van der Waals surface area contributed by atoms with Gasteiger partial charge in [0, 0.05) is 32.0 Å². The van der Waals surface area contributed by atoms with Crippen molar-refractivity contribution in [2.45, 2.75) is 33.4 Å². The first-order valence-electron chi connectivity index (χ1n) is 8.63. The zero-order valence-electron chi connectivity index (χ0n) is 14.8. The summed E-state index contributed by atoms with van der Waals surface area (Å²) in [6, 6.07) is 10.7. The number of nitrogens with one attached hydrogen (secondary N) is 1. The van der Waals surface area contributed by atoms with E-state index in [9.17, 15) is 9.90 Å². The summed E-state index contributed by atoms with van der Waals surface area (Å²) < 4.78 is 0. The molecule has 1 fully saturated rings. The van der Waals surface area contributed by atoms with Gasteiger partial charge in [-0.1, -0.05) is 32.0 Å². The summed E-state index contributed by atoms with van der Waals surface area (Å²) >= 11 is 0. The van der Waals surface area contributed by atoms with Gasteiger partial charge in [-0.2, -0.15) is 0 Å². The normalized spacial score (nSPS) is 17.8. The molecule has 0 saturated heterocycles. The highest BCUT2D eigenvalue weighted by molar-refractivity contribution is 5.74. The number of phenolic OH excluding ortho intramolecular Hbond substituents is 1. The Morgan fingerprint density at radius 2 is 1.92 bits per heavy atom. The molecule has 2 amide bonds. The van der Waals surface area contributed by atoms with E-state index in [0.29, 0.717) is 31.0 Å². The molecule has 1 atom stereocenters. The van der Waals surface area contributed by atoms with Crippen molar-refractivity contribution in [3.8, 4) is 5.75 Å². The topological polar surface area (TPSA) is 65.5 Å². The van der Waals surface area contributed by atoms with E-state index in [4.69, 9.17) is 0 Å². The molecule has 0 spiro atoms. The Labute approximate surface area is 148 Å². The molecular formula is C20H25N3O2. The molecule has 5 nitrogen and oxygen atoms in total. The van der Waals surface area contributed by atoms with Crippen molar-refractivity contribution in [3.63, 3.8) is 0 Å². The molecule has 1 saturated carbocycles. The van der Waals surface area contributed by atoms with Crippen molar-refractivity contribution in [2.24, 2.45) is 11.3 Å². The Hall–Kier alpha value is -2.56. The average Bonchev–Trinajstić information content (AvgIpc) is 3.22. The van der Waals surface area contributed by atoms with Gasteiger partial charge in [0.2, 0.25) is 0 Å². The number of rotatable bonds is 6. The van der Waals surface area contributed by atoms with Crippen molar-refractivity contribution in [2.75, 3.05) is 6.54 Å². The van der Waals surface area contributed by atoms with Gasteiger partial charge in [-0.05, 0) is 47.1 Å². The van der Waals surface area contributed by atoms with Crippen LogP contribution in [-0.2, 0) is 13.1 Å². The molecule has 1 aromatic heterocycles. The Morgan fingerprint density at radius 1 is 1.24 bits per heavy atom. The number of hydrogen-bond donors (Lipinski definition) is 2. The Balaban J connectivity index is 1.66. The summed E-state index contributed by atoms with van der Waals surface area (Å²) in [6.07, 6.45) is 4.66. The number of benzene rings is 1. The van der Waals surface area contributed by atoms with Gasteiger partial charge in [0.15, 0.2) is 0 Å². The van der Waals surface area contributed by atoms with Gasteiger partial charge in [0.1, 0.15) is 5.75 Å². The molecule has 1 unspecified atom stereocenters. The maximum Gasteiger partial charge on any atom is 0.318 e. The van der Waals surface area contributed by atoms with Gasteiger partial charge < -0.3 is 15.3 Å². The number of amides is 2. The Kier molecular flexibility index (Phi) is 4.93. The first kappa shape index (κ1) is 17.3. The van der Waals surface area contributed by atoms with Gasteiger partial charge in [-0.3, -0.25) is 4.98 Å². The molecule has 1 aliphatic carbocycles. The molecule has 2 N–H and O–H groups in total. The molecule has 3 rings (SSSR count). The molecule has 132 valence electrons. The zero-order valence-corrected chi connectivity index (χ0v) is 14.8.